The third-order valence-electron chi connectivity index (χ3n) is 6.31. The number of nitrogens with two attached hydrogens (primary N) is 2. The lowest BCUT2D eigenvalue weighted by Gasteiger charge is -2.12. The molecular formula is C28H25N5O2. The van der Waals surface area contributed by atoms with Crippen molar-refractivity contribution in [1.82, 2.24) is 13.9 Å². The summed E-state index contributed by atoms with van der Waals surface area (Å²) in [5, 5.41) is 0. The highest BCUT2D eigenvalue weighted by Crippen LogP contribution is 2.42. The second-order valence-corrected chi connectivity index (χ2v) is 8.33. The van der Waals surface area contributed by atoms with Crippen LogP contribution in [0.2, 0.25) is 0 Å². The highest BCUT2D eigenvalue weighted by atomic mass is 16.1. The number of para-hydroxylation sites is 1. The maximum Gasteiger partial charge on any atom is 0.296 e. The topological polar surface area (TPSA) is 101 Å². The summed E-state index contributed by atoms with van der Waals surface area (Å²) in [6.45, 7) is 1.86. The van der Waals surface area contributed by atoms with E-state index in [0.717, 1.165) is 16.8 Å². The standard InChI is InChI=1S/C28H25N5O2/c1-18-24(28(35)33(31(18)2)21-16-10-5-11-17-21)32-25(20-14-8-4-9-15-20)22(19-12-6-3-7-13-19)23(26(32)29)27(30)34/h3-17H,29H2,1-2H3,(H2,30,34). The van der Waals surface area contributed by atoms with E-state index in [0.29, 0.717) is 22.6 Å². The molecule has 2 aromatic heterocycles. The second kappa shape index (κ2) is 8.53. The highest BCUT2D eigenvalue weighted by Gasteiger charge is 2.30. The van der Waals surface area contributed by atoms with Gasteiger partial charge in [0.05, 0.1) is 22.6 Å². The molecule has 0 radical (unpaired) electrons. The smallest absolute Gasteiger partial charge is 0.296 e. The van der Waals surface area contributed by atoms with Gasteiger partial charge in [-0.2, -0.15) is 0 Å². The van der Waals surface area contributed by atoms with Gasteiger partial charge in [-0.1, -0.05) is 78.9 Å². The molecule has 5 rings (SSSR count). The Kier molecular flexibility index (Phi) is 5.37. The summed E-state index contributed by atoms with van der Waals surface area (Å²) in [5.41, 5.74) is 17.0. The number of benzene rings is 3. The van der Waals surface area contributed by atoms with Gasteiger partial charge in [0.15, 0.2) is 0 Å². The molecule has 0 unspecified atom stereocenters. The summed E-state index contributed by atoms with van der Waals surface area (Å²) in [6.07, 6.45) is 0. The van der Waals surface area contributed by atoms with Crippen LogP contribution in [0.5, 0.6) is 0 Å². The first-order valence-electron chi connectivity index (χ1n) is 11.2. The van der Waals surface area contributed by atoms with Crippen molar-refractivity contribution in [3.8, 4) is 33.8 Å². The molecule has 0 aliphatic carbocycles. The van der Waals surface area contributed by atoms with Crippen molar-refractivity contribution in [3.63, 3.8) is 0 Å². The third kappa shape index (κ3) is 3.45. The fourth-order valence-corrected chi connectivity index (χ4v) is 4.64. The lowest BCUT2D eigenvalue weighted by molar-refractivity contribution is 0.100. The van der Waals surface area contributed by atoms with E-state index in [1.807, 2.05) is 105 Å². The molecule has 2 heterocycles. The molecule has 0 atom stereocenters. The van der Waals surface area contributed by atoms with Gasteiger partial charge in [-0.25, -0.2) is 4.68 Å². The van der Waals surface area contributed by atoms with Crippen LogP contribution >= 0.6 is 0 Å². The average Bonchev–Trinajstić information content (AvgIpc) is 3.30. The lowest BCUT2D eigenvalue weighted by Crippen LogP contribution is -2.22. The van der Waals surface area contributed by atoms with E-state index in [9.17, 15) is 9.59 Å². The Morgan fingerprint density at radius 2 is 1.31 bits per heavy atom. The Labute approximate surface area is 202 Å². The molecule has 7 heteroatoms. The van der Waals surface area contributed by atoms with Crippen molar-refractivity contribution >= 4 is 11.7 Å². The molecule has 0 fully saturated rings. The van der Waals surface area contributed by atoms with Gasteiger partial charge < -0.3 is 11.5 Å². The summed E-state index contributed by atoms with van der Waals surface area (Å²) in [4.78, 5) is 26.7. The number of hydrogen-bond acceptors (Lipinski definition) is 3. The highest BCUT2D eigenvalue weighted by molar-refractivity contribution is 6.09. The van der Waals surface area contributed by atoms with Gasteiger partial charge in [0.1, 0.15) is 11.5 Å². The minimum atomic E-state index is -0.658. The average molecular weight is 464 g/mol. The minimum Gasteiger partial charge on any atom is -0.384 e. The molecule has 0 aliphatic rings. The molecule has 5 aromatic rings. The van der Waals surface area contributed by atoms with E-state index in [2.05, 4.69) is 0 Å². The van der Waals surface area contributed by atoms with E-state index < -0.39 is 5.91 Å². The van der Waals surface area contributed by atoms with Crippen LogP contribution in [0.25, 0.3) is 33.8 Å². The van der Waals surface area contributed by atoms with Gasteiger partial charge in [0.2, 0.25) is 0 Å². The van der Waals surface area contributed by atoms with E-state index in [1.54, 1.807) is 13.9 Å². The SMILES string of the molecule is Cc1c(-n2c(N)c(C(N)=O)c(-c3ccccc3)c2-c2ccccc2)c(=O)n(-c2ccccc2)n1C. The van der Waals surface area contributed by atoms with Gasteiger partial charge in [-0.3, -0.25) is 18.8 Å². The van der Waals surface area contributed by atoms with Crippen LogP contribution in [0.15, 0.2) is 95.8 Å². The zero-order chi connectivity index (χ0) is 24.7. The zero-order valence-corrected chi connectivity index (χ0v) is 19.5. The quantitative estimate of drug-likeness (QED) is 0.407. The predicted octanol–water partition coefficient (Wildman–Crippen LogP) is 4.29. The van der Waals surface area contributed by atoms with E-state index in [-0.39, 0.29) is 16.9 Å². The molecule has 7 nitrogen and oxygen atoms in total. The Balaban J connectivity index is 1.95. The Hall–Kier alpha value is -4.78. The molecule has 0 saturated carbocycles. The van der Waals surface area contributed by atoms with E-state index >= 15 is 0 Å². The number of carbonyl (C=O) groups is 1. The summed E-state index contributed by atoms with van der Waals surface area (Å²) in [7, 11) is 1.82. The molecule has 1 amide bonds. The predicted molar refractivity (Wildman–Crippen MR) is 139 cm³/mol. The van der Waals surface area contributed by atoms with E-state index in [4.69, 9.17) is 11.5 Å². The van der Waals surface area contributed by atoms with Gasteiger partial charge in [-0.15, -0.1) is 0 Å². The first kappa shape index (κ1) is 22.0. The van der Waals surface area contributed by atoms with Gasteiger partial charge >= 0.3 is 0 Å². The van der Waals surface area contributed by atoms with Crippen LogP contribution in [-0.2, 0) is 7.05 Å². The fourth-order valence-electron chi connectivity index (χ4n) is 4.64. The van der Waals surface area contributed by atoms with Crippen LogP contribution in [0.3, 0.4) is 0 Å². The van der Waals surface area contributed by atoms with E-state index in [1.165, 1.54) is 0 Å². The largest absolute Gasteiger partial charge is 0.384 e. The number of aromatic nitrogens is 3. The molecule has 4 N–H and O–H groups in total. The number of carbonyl (C=O) groups excluding carboxylic acids is 1. The summed E-state index contributed by atoms with van der Waals surface area (Å²) in [6, 6.07) is 28.4. The van der Waals surface area contributed by atoms with Crippen molar-refractivity contribution in [3.05, 3.63) is 113 Å². The molecule has 174 valence electrons. The second-order valence-electron chi connectivity index (χ2n) is 8.33. The van der Waals surface area contributed by atoms with Crippen molar-refractivity contribution in [1.29, 1.82) is 0 Å². The molecule has 0 bridgehead atoms. The Morgan fingerprint density at radius 3 is 1.86 bits per heavy atom. The van der Waals surface area contributed by atoms with Gasteiger partial charge in [0, 0.05) is 12.6 Å². The molecule has 3 aromatic carbocycles. The van der Waals surface area contributed by atoms with Gasteiger partial charge in [-0.05, 0) is 30.2 Å². The molecule has 0 spiro atoms. The van der Waals surface area contributed by atoms with Crippen molar-refractivity contribution < 1.29 is 4.79 Å². The first-order valence-corrected chi connectivity index (χ1v) is 11.2. The molecule has 0 saturated heterocycles. The van der Waals surface area contributed by atoms with Crippen LogP contribution in [0.4, 0.5) is 5.82 Å². The third-order valence-corrected chi connectivity index (χ3v) is 6.31. The molecule has 0 aliphatic heterocycles. The first-order chi connectivity index (χ1) is 16.9. The monoisotopic (exact) mass is 463 g/mol. The van der Waals surface area contributed by atoms with Crippen LogP contribution in [0, 0.1) is 6.92 Å². The maximum absolute atomic E-state index is 13.9. The summed E-state index contributed by atoms with van der Waals surface area (Å²) >= 11 is 0. The van der Waals surface area contributed by atoms with Crippen LogP contribution < -0.4 is 17.0 Å². The number of amides is 1. The Bertz CT molecular complexity index is 1590. The lowest BCUT2D eigenvalue weighted by atomic mass is 9.97. The number of primary amides is 1. The number of nitrogens with zero attached hydrogens (tertiary/aromatic N) is 3. The molecular weight excluding hydrogens is 438 g/mol. The Morgan fingerprint density at radius 1 is 0.800 bits per heavy atom. The number of anilines is 1. The number of hydrogen-bond donors (Lipinski definition) is 2. The normalized spacial score (nSPS) is 11.0. The molecule has 35 heavy (non-hydrogen) atoms. The maximum atomic E-state index is 13.9. The zero-order valence-electron chi connectivity index (χ0n) is 19.5. The van der Waals surface area contributed by atoms with Crippen molar-refractivity contribution in [2.24, 2.45) is 12.8 Å². The number of nitrogen functional groups attached to an aromatic ring is 1. The van der Waals surface area contributed by atoms with Crippen molar-refractivity contribution in [2.45, 2.75) is 6.92 Å². The van der Waals surface area contributed by atoms with Crippen LogP contribution in [-0.4, -0.2) is 19.8 Å². The fraction of sp³-hybridized carbons (Fsp3) is 0.0714. The van der Waals surface area contributed by atoms with Gasteiger partial charge in [0.25, 0.3) is 11.5 Å². The van der Waals surface area contributed by atoms with Crippen molar-refractivity contribution in [2.75, 3.05) is 5.73 Å². The summed E-state index contributed by atoms with van der Waals surface area (Å²) < 4.78 is 5.05. The summed E-state index contributed by atoms with van der Waals surface area (Å²) in [5.74, 6) is -0.532. The minimum absolute atomic E-state index is 0.126. The van der Waals surface area contributed by atoms with Crippen LogP contribution in [0.1, 0.15) is 16.1 Å². The number of rotatable bonds is 5.